The Labute approximate surface area is 189 Å². The number of carbonyl (C=O) groups is 2. The van der Waals surface area contributed by atoms with Crippen molar-refractivity contribution >= 4 is 17.6 Å². The second-order valence-electron chi connectivity index (χ2n) is 8.69. The molecule has 1 fully saturated rings. The molecule has 2 unspecified atom stereocenters. The van der Waals surface area contributed by atoms with E-state index in [1.807, 2.05) is 60.8 Å². The fourth-order valence-electron chi connectivity index (χ4n) is 4.28. The van der Waals surface area contributed by atoms with Crippen molar-refractivity contribution in [3.05, 3.63) is 72.1 Å². The summed E-state index contributed by atoms with van der Waals surface area (Å²) in [5.74, 6) is 0.409. The normalized spacial score (nSPS) is 20.5. The highest BCUT2D eigenvalue weighted by Gasteiger charge is 2.50. The summed E-state index contributed by atoms with van der Waals surface area (Å²) in [4.78, 5) is 31.4. The molecule has 32 heavy (non-hydrogen) atoms. The molecule has 0 aromatic heterocycles. The Morgan fingerprint density at radius 1 is 1.03 bits per heavy atom. The minimum atomic E-state index is -0.477. The number of imide groups is 1. The van der Waals surface area contributed by atoms with Gasteiger partial charge in [-0.3, -0.25) is 14.6 Å². The number of carbonyl (C=O) groups excluding carboxylic acids is 2. The first-order valence-electron chi connectivity index (χ1n) is 10.9. The lowest BCUT2D eigenvalue weighted by atomic mass is 9.98. The van der Waals surface area contributed by atoms with Gasteiger partial charge in [0.05, 0.1) is 12.8 Å². The number of amides is 3. The summed E-state index contributed by atoms with van der Waals surface area (Å²) in [5.41, 5.74) is 2.77. The predicted octanol–water partition coefficient (Wildman–Crippen LogP) is 3.96. The van der Waals surface area contributed by atoms with E-state index < -0.39 is 5.92 Å². The van der Waals surface area contributed by atoms with E-state index in [2.05, 4.69) is 24.1 Å². The molecule has 0 saturated carbocycles. The van der Waals surface area contributed by atoms with Crippen LogP contribution in [0, 0.1) is 11.8 Å². The van der Waals surface area contributed by atoms with Gasteiger partial charge in [-0.15, -0.1) is 0 Å². The molecule has 2 heterocycles. The highest BCUT2D eigenvalue weighted by molar-refractivity contribution is 6.01. The van der Waals surface area contributed by atoms with Gasteiger partial charge in [-0.05, 0) is 35.7 Å². The third-order valence-corrected chi connectivity index (χ3v) is 5.88. The SMILES string of the molecule is COc1ccc(CN2C=C3C(C(=O)N(C)C(=O)N3CC(C)C)C2Nc2ccccc2)cc1. The lowest BCUT2D eigenvalue weighted by molar-refractivity contribution is -0.133. The molecule has 168 valence electrons. The number of ether oxygens (including phenoxy) is 1. The highest BCUT2D eigenvalue weighted by atomic mass is 16.5. The van der Waals surface area contributed by atoms with Crippen molar-refractivity contribution in [2.24, 2.45) is 11.8 Å². The van der Waals surface area contributed by atoms with E-state index in [9.17, 15) is 9.59 Å². The minimum absolute atomic E-state index is 0.188. The zero-order chi connectivity index (χ0) is 22.8. The third-order valence-electron chi connectivity index (χ3n) is 5.88. The molecule has 4 rings (SSSR count). The molecule has 0 aliphatic carbocycles. The zero-order valence-corrected chi connectivity index (χ0v) is 19.0. The Balaban J connectivity index is 1.70. The summed E-state index contributed by atoms with van der Waals surface area (Å²) in [7, 11) is 3.22. The van der Waals surface area contributed by atoms with Gasteiger partial charge < -0.3 is 15.0 Å². The number of nitrogens with zero attached hydrogens (tertiary/aromatic N) is 3. The Morgan fingerprint density at radius 2 is 1.72 bits per heavy atom. The van der Waals surface area contributed by atoms with Crippen LogP contribution in [0.15, 0.2) is 66.5 Å². The van der Waals surface area contributed by atoms with Crippen molar-refractivity contribution < 1.29 is 14.3 Å². The molecule has 0 radical (unpaired) electrons. The second-order valence-corrected chi connectivity index (χ2v) is 8.69. The molecule has 0 bridgehead atoms. The number of rotatable bonds is 7. The number of fused-ring (bicyclic) bond motifs is 1. The van der Waals surface area contributed by atoms with Crippen molar-refractivity contribution in [2.75, 3.05) is 26.0 Å². The van der Waals surface area contributed by atoms with Crippen molar-refractivity contribution in [3.8, 4) is 5.75 Å². The summed E-state index contributed by atoms with van der Waals surface area (Å²) in [6.07, 6.45) is 1.66. The first-order chi connectivity index (χ1) is 15.4. The van der Waals surface area contributed by atoms with E-state index in [-0.39, 0.29) is 24.0 Å². The number of hydrogen-bond donors (Lipinski definition) is 1. The molecule has 1 saturated heterocycles. The van der Waals surface area contributed by atoms with Crippen LogP contribution in [0.5, 0.6) is 5.75 Å². The topological polar surface area (TPSA) is 65.1 Å². The lowest BCUT2D eigenvalue weighted by Gasteiger charge is -2.40. The molecule has 2 aromatic carbocycles. The summed E-state index contributed by atoms with van der Waals surface area (Å²) in [5, 5.41) is 3.54. The Kier molecular flexibility index (Phi) is 6.08. The molecule has 2 aliphatic heterocycles. The summed E-state index contributed by atoms with van der Waals surface area (Å²) in [6.45, 7) is 5.30. The molecule has 2 aromatic rings. The van der Waals surface area contributed by atoms with Crippen molar-refractivity contribution in [2.45, 2.75) is 26.6 Å². The molecule has 2 aliphatic rings. The van der Waals surface area contributed by atoms with Crippen molar-refractivity contribution in [3.63, 3.8) is 0 Å². The largest absolute Gasteiger partial charge is 0.497 e. The summed E-state index contributed by atoms with van der Waals surface area (Å²) >= 11 is 0. The van der Waals surface area contributed by atoms with E-state index in [1.54, 1.807) is 19.1 Å². The zero-order valence-electron chi connectivity index (χ0n) is 19.0. The third kappa shape index (κ3) is 4.15. The van der Waals surface area contributed by atoms with Crippen LogP contribution in [-0.2, 0) is 11.3 Å². The Bertz CT molecular complexity index is 1000. The first kappa shape index (κ1) is 21.7. The van der Waals surface area contributed by atoms with E-state index in [0.717, 1.165) is 22.7 Å². The molecule has 0 spiro atoms. The van der Waals surface area contributed by atoms with Gasteiger partial charge in [0.1, 0.15) is 17.8 Å². The quantitative estimate of drug-likeness (QED) is 0.715. The number of nitrogens with one attached hydrogen (secondary N) is 1. The average Bonchev–Trinajstić information content (AvgIpc) is 3.14. The molecule has 7 nitrogen and oxygen atoms in total. The number of methoxy groups -OCH3 is 1. The van der Waals surface area contributed by atoms with Gasteiger partial charge in [0.25, 0.3) is 0 Å². The number of benzene rings is 2. The standard InChI is InChI=1S/C25H30N4O3/c1-17(2)14-29-21-16-28(15-18-10-12-20(32-4)13-11-18)23(26-19-8-6-5-7-9-19)22(21)24(30)27(3)25(29)31/h5-13,16-17,22-23,26H,14-15H2,1-4H3. The van der Waals surface area contributed by atoms with Crippen LogP contribution in [0.2, 0.25) is 0 Å². The van der Waals surface area contributed by atoms with E-state index in [1.165, 1.54) is 4.90 Å². The average molecular weight is 435 g/mol. The number of urea groups is 1. The Morgan fingerprint density at radius 3 is 2.34 bits per heavy atom. The minimum Gasteiger partial charge on any atom is -0.497 e. The lowest BCUT2D eigenvalue weighted by Crippen LogP contribution is -2.57. The van der Waals surface area contributed by atoms with Crippen LogP contribution >= 0.6 is 0 Å². The molecule has 7 heteroatoms. The fourth-order valence-corrected chi connectivity index (χ4v) is 4.28. The molecule has 3 amide bonds. The van der Waals surface area contributed by atoms with E-state index in [0.29, 0.717) is 13.1 Å². The number of anilines is 1. The number of hydrogen-bond acceptors (Lipinski definition) is 5. The van der Waals surface area contributed by atoms with E-state index >= 15 is 0 Å². The van der Waals surface area contributed by atoms with Crippen molar-refractivity contribution in [1.82, 2.24) is 14.7 Å². The van der Waals surface area contributed by atoms with Crippen LogP contribution in [0.1, 0.15) is 19.4 Å². The number of para-hydroxylation sites is 1. The van der Waals surface area contributed by atoms with Crippen molar-refractivity contribution in [1.29, 1.82) is 0 Å². The fraction of sp³-hybridized carbons (Fsp3) is 0.360. The molecule has 1 N–H and O–H groups in total. The van der Waals surface area contributed by atoms with Gasteiger partial charge in [-0.2, -0.15) is 0 Å². The smallest absolute Gasteiger partial charge is 0.330 e. The maximum absolute atomic E-state index is 13.3. The van der Waals surface area contributed by atoms with Gasteiger partial charge in [-0.25, -0.2) is 4.79 Å². The van der Waals surface area contributed by atoms with Crippen LogP contribution < -0.4 is 10.1 Å². The maximum atomic E-state index is 13.3. The van der Waals surface area contributed by atoms with Gasteiger partial charge in [0.15, 0.2) is 0 Å². The summed E-state index contributed by atoms with van der Waals surface area (Å²) < 4.78 is 5.27. The maximum Gasteiger partial charge on any atom is 0.330 e. The Hall–Kier alpha value is -3.48. The van der Waals surface area contributed by atoms with E-state index in [4.69, 9.17) is 4.74 Å². The van der Waals surface area contributed by atoms with Crippen LogP contribution in [0.25, 0.3) is 0 Å². The van der Waals surface area contributed by atoms with Gasteiger partial charge >= 0.3 is 6.03 Å². The van der Waals surface area contributed by atoms with Crippen LogP contribution in [0.4, 0.5) is 10.5 Å². The van der Waals surface area contributed by atoms with Gasteiger partial charge in [0, 0.05) is 32.0 Å². The predicted molar refractivity (Wildman–Crippen MR) is 124 cm³/mol. The molecular weight excluding hydrogens is 404 g/mol. The van der Waals surface area contributed by atoms with Gasteiger partial charge in [-0.1, -0.05) is 44.2 Å². The molecule has 2 atom stereocenters. The second kappa shape index (κ2) is 8.94. The summed E-state index contributed by atoms with van der Waals surface area (Å²) in [6, 6.07) is 17.5. The monoisotopic (exact) mass is 434 g/mol. The molecular formula is C25H30N4O3. The van der Waals surface area contributed by atoms with Crippen LogP contribution in [0.3, 0.4) is 0 Å². The highest BCUT2D eigenvalue weighted by Crippen LogP contribution is 2.38. The van der Waals surface area contributed by atoms with Gasteiger partial charge in [0.2, 0.25) is 5.91 Å². The first-order valence-corrected chi connectivity index (χ1v) is 10.9. The van der Waals surface area contributed by atoms with Crippen LogP contribution in [-0.4, -0.2) is 53.5 Å².